The fraction of sp³-hybridized carbons (Fsp3) is 0.250. The number of rotatable bonds is 7. The summed E-state index contributed by atoms with van der Waals surface area (Å²) < 4.78 is 0. The highest BCUT2D eigenvalue weighted by Crippen LogP contribution is 2.20. The van der Waals surface area contributed by atoms with E-state index in [9.17, 15) is 4.79 Å². The molecule has 0 heterocycles. The van der Waals surface area contributed by atoms with Crippen molar-refractivity contribution in [3.05, 3.63) is 75.8 Å². The van der Waals surface area contributed by atoms with Crippen molar-refractivity contribution < 1.29 is 4.79 Å². The van der Waals surface area contributed by atoms with E-state index in [2.05, 4.69) is 10.2 Å². The Morgan fingerprint density at radius 2 is 1.80 bits per heavy atom. The molecule has 1 atom stereocenters. The van der Waals surface area contributed by atoms with E-state index in [1.54, 1.807) is 12.1 Å². The summed E-state index contributed by atoms with van der Waals surface area (Å²) in [6.45, 7) is 0.863. The predicted octanol–water partition coefficient (Wildman–Crippen LogP) is 4.82. The van der Waals surface area contributed by atoms with Crippen LogP contribution in [-0.2, 0) is 4.79 Å². The molecule has 0 radical (unpaired) electrons. The summed E-state index contributed by atoms with van der Waals surface area (Å²) in [6, 6.07) is 14.9. The van der Waals surface area contributed by atoms with Crippen molar-refractivity contribution >= 4 is 35.2 Å². The molecule has 0 aliphatic heterocycles. The van der Waals surface area contributed by atoms with Gasteiger partial charge in [-0.3, -0.25) is 4.79 Å². The van der Waals surface area contributed by atoms with Gasteiger partial charge in [-0.25, -0.2) is 0 Å². The molecular weight excluding hydrogens is 355 g/mol. The predicted molar refractivity (Wildman–Crippen MR) is 106 cm³/mol. The third kappa shape index (κ3) is 6.54. The average Bonchev–Trinajstić information content (AvgIpc) is 2.58. The Morgan fingerprint density at radius 3 is 2.44 bits per heavy atom. The Balaban J connectivity index is 2.08. The molecule has 0 aliphatic carbocycles. The second kappa shape index (κ2) is 9.62. The topological polar surface area (TPSA) is 32.3 Å². The summed E-state index contributed by atoms with van der Waals surface area (Å²) in [5, 5.41) is 4.36. The number of hydrogen-bond donors (Lipinski definition) is 1. The van der Waals surface area contributed by atoms with Crippen LogP contribution in [0.5, 0.6) is 0 Å². The molecule has 2 aromatic carbocycles. The summed E-state index contributed by atoms with van der Waals surface area (Å²) in [6.07, 6.45) is 4.04. The highest BCUT2D eigenvalue weighted by molar-refractivity contribution is 6.32. The molecule has 0 fully saturated rings. The van der Waals surface area contributed by atoms with Crippen LogP contribution < -0.4 is 5.32 Å². The minimum atomic E-state index is -0.154. The van der Waals surface area contributed by atoms with Gasteiger partial charge in [-0.1, -0.05) is 53.5 Å². The Morgan fingerprint density at radius 1 is 1.12 bits per heavy atom. The van der Waals surface area contributed by atoms with Gasteiger partial charge in [-0.2, -0.15) is 0 Å². The van der Waals surface area contributed by atoms with Crippen molar-refractivity contribution in [3.63, 3.8) is 0 Å². The van der Waals surface area contributed by atoms with Crippen LogP contribution in [0, 0.1) is 0 Å². The molecule has 0 saturated carbocycles. The quantitative estimate of drug-likeness (QED) is 0.702. The van der Waals surface area contributed by atoms with Crippen LogP contribution in [0.2, 0.25) is 10.0 Å². The van der Waals surface area contributed by atoms with E-state index in [4.69, 9.17) is 23.2 Å². The first-order valence-electron chi connectivity index (χ1n) is 8.09. The van der Waals surface area contributed by atoms with Gasteiger partial charge >= 0.3 is 0 Å². The summed E-state index contributed by atoms with van der Waals surface area (Å²) in [5.41, 5.74) is 1.85. The third-order valence-corrected chi connectivity index (χ3v) is 4.37. The van der Waals surface area contributed by atoms with Crippen molar-refractivity contribution in [3.8, 4) is 0 Å². The Hall–Kier alpha value is -1.81. The van der Waals surface area contributed by atoms with Gasteiger partial charge in [0.05, 0.1) is 6.04 Å². The number of nitrogens with zero attached hydrogens (tertiary/aromatic N) is 1. The Kier molecular flexibility index (Phi) is 7.51. The number of carbonyl (C=O) groups excluding carboxylic acids is 1. The highest BCUT2D eigenvalue weighted by atomic mass is 35.5. The van der Waals surface area contributed by atoms with Crippen LogP contribution in [0.25, 0.3) is 6.08 Å². The van der Waals surface area contributed by atoms with Crippen LogP contribution in [-0.4, -0.2) is 31.4 Å². The molecular formula is C20H22Cl2N2O. The van der Waals surface area contributed by atoms with Crippen LogP contribution in [0.4, 0.5) is 0 Å². The molecule has 1 amide bonds. The van der Waals surface area contributed by atoms with E-state index < -0.39 is 0 Å². The van der Waals surface area contributed by atoms with Crippen molar-refractivity contribution in [2.75, 3.05) is 20.6 Å². The number of hydrogen-bond acceptors (Lipinski definition) is 2. The molecule has 1 unspecified atom stereocenters. The van der Waals surface area contributed by atoms with Gasteiger partial charge in [0.25, 0.3) is 0 Å². The van der Waals surface area contributed by atoms with Gasteiger partial charge in [0, 0.05) is 16.1 Å². The lowest BCUT2D eigenvalue weighted by Gasteiger charge is -2.20. The van der Waals surface area contributed by atoms with Crippen molar-refractivity contribution in [2.24, 2.45) is 0 Å². The van der Waals surface area contributed by atoms with Crippen LogP contribution in [0.15, 0.2) is 54.6 Å². The second-order valence-electron chi connectivity index (χ2n) is 6.06. The maximum absolute atomic E-state index is 12.3. The lowest BCUT2D eigenvalue weighted by molar-refractivity contribution is -0.117. The molecule has 0 spiro atoms. The smallest absolute Gasteiger partial charge is 0.244 e. The summed E-state index contributed by atoms with van der Waals surface area (Å²) in [4.78, 5) is 14.4. The molecule has 2 rings (SSSR count). The summed E-state index contributed by atoms with van der Waals surface area (Å²) in [7, 11) is 4.02. The standard InChI is InChI=1S/C20H22Cl2N2O/c1-24(2)14-13-19(16-7-10-17(21)11-8-16)23-20(25)12-9-15-5-3-4-6-18(15)22/h3-12,19H,13-14H2,1-2H3,(H,23,25)/b12-9+. The minimum Gasteiger partial charge on any atom is -0.346 e. The maximum atomic E-state index is 12.3. The lowest BCUT2D eigenvalue weighted by atomic mass is 10.0. The second-order valence-corrected chi connectivity index (χ2v) is 6.90. The maximum Gasteiger partial charge on any atom is 0.244 e. The van der Waals surface area contributed by atoms with Gasteiger partial charge in [0.2, 0.25) is 5.91 Å². The normalized spacial score (nSPS) is 12.5. The molecule has 0 bridgehead atoms. The summed E-state index contributed by atoms with van der Waals surface area (Å²) in [5.74, 6) is -0.154. The van der Waals surface area contributed by atoms with Gasteiger partial charge < -0.3 is 10.2 Å². The fourth-order valence-corrected chi connectivity index (χ4v) is 2.72. The molecule has 132 valence electrons. The third-order valence-electron chi connectivity index (χ3n) is 3.77. The van der Waals surface area contributed by atoms with Crippen molar-refractivity contribution in [1.29, 1.82) is 0 Å². The zero-order valence-electron chi connectivity index (χ0n) is 14.4. The van der Waals surface area contributed by atoms with Crippen LogP contribution in [0.1, 0.15) is 23.6 Å². The number of benzene rings is 2. The lowest BCUT2D eigenvalue weighted by Crippen LogP contribution is -2.29. The Bertz CT molecular complexity index is 727. The molecule has 3 nitrogen and oxygen atoms in total. The minimum absolute atomic E-state index is 0.0805. The Labute approximate surface area is 159 Å². The molecule has 25 heavy (non-hydrogen) atoms. The van der Waals surface area contributed by atoms with E-state index in [1.807, 2.05) is 56.6 Å². The van der Waals surface area contributed by atoms with Crippen LogP contribution >= 0.6 is 23.2 Å². The van der Waals surface area contributed by atoms with E-state index >= 15 is 0 Å². The van der Waals surface area contributed by atoms with Gasteiger partial charge in [-0.15, -0.1) is 0 Å². The fourth-order valence-electron chi connectivity index (χ4n) is 2.40. The first-order chi connectivity index (χ1) is 12.0. The summed E-state index contributed by atoms with van der Waals surface area (Å²) >= 11 is 12.1. The van der Waals surface area contributed by atoms with Crippen LogP contribution in [0.3, 0.4) is 0 Å². The van der Waals surface area contributed by atoms with Gasteiger partial charge in [0.1, 0.15) is 0 Å². The molecule has 0 aliphatic rings. The molecule has 0 saturated heterocycles. The van der Waals surface area contributed by atoms with E-state index in [0.717, 1.165) is 24.1 Å². The monoisotopic (exact) mass is 376 g/mol. The average molecular weight is 377 g/mol. The van der Waals surface area contributed by atoms with Gasteiger partial charge in [0.15, 0.2) is 0 Å². The SMILES string of the molecule is CN(C)CCC(NC(=O)/C=C/c1ccccc1Cl)c1ccc(Cl)cc1. The van der Waals surface area contributed by atoms with Crippen molar-refractivity contribution in [2.45, 2.75) is 12.5 Å². The number of carbonyl (C=O) groups is 1. The first kappa shape index (κ1) is 19.5. The first-order valence-corrected chi connectivity index (χ1v) is 8.84. The van der Waals surface area contributed by atoms with Gasteiger partial charge in [-0.05, 0) is 62.5 Å². The number of amides is 1. The van der Waals surface area contributed by atoms with E-state index in [-0.39, 0.29) is 11.9 Å². The highest BCUT2D eigenvalue weighted by Gasteiger charge is 2.13. The van der Waals surface area contributed by atoms with Crippen molar-refractivity contribution in [1.82, 2.24) is 10.2 Å². The number of nitrogens with one attached hydrogen (secondary N) is 1. The molecule has 5 heteroatoms. The zero-order chi connectivity index (χ0) is 18.2. The molecule has 1 N–H and O–H groups in total. The zero-order valence-corrected chi connectivity index (χ0v) is 15.9. The molecule has 0 aromatic heterocycles. The number of halogens is 2. The molecule has 2 aromatic rings. The van der Waals surface area contributed by atoms with E-state index in [0.29, 0.717) is 10.0 Å². The largest absolute Gasteiger partial charge is 0.346 e. The van der Waals surface area contributed by atoms with E-state index in [1.165, 1.54) is 6.08 Å².